The third kappa shape index (κ3) is 5.49. The number of carbonyl (C=O) groups is 1. The van der Waals surface area contributed by atoms with Crippen LogP contribution in [-0.4, -0.2) is 49.4 Å². The van der Waals surface area contributed by atoms with Crippen LogP contribution in [0.1, 0.15) is 0 Å². The molecule has 1 N–H and O–H groups in total. The minimum atomic E-state index is -4.00. The van der Waals surface area contributed by atoms with Crippen molar-refractivity contribution in [1.29, 1.82) is 0 Å². The normalized spacial score (nSPS) is 11.1. The lowest BCUT2D eigenvalue weighted by molar-refractivity contribution is -0.384. The maximum atomic E-state index is 12.6. The number of non-ortho nitro benzene ring substituents is 1. The van der Waals surface area contributed by atoms with Crippen molar-refractivity contribution in [1.82, 2.24) is 10.2 Å². The lowest BCUT2D eigenvalue weighted by Gasteiger charge is -2.23. The van der Waals surface area contributed by atoms with Gasteiger partial charge in [-0.1, -0.05) is 35.1 Å². The number of methoxy groups -OCH3 is 1. The molecule has 0 aliphatic heterocycles. The number of hydrogen-bond donors (Lipinski definition) is 1. The van der Waals surface area contributed by atoms with Crippen molar-refractivity contribution in [3.8, 4) is 16.3 Å². The highest BCUT2D eigenvalue weighted by molar-refractivity contribution is 7.92. The number of nitro benzene ring substituents is 1. The SMILES string of the molecule is COc1ccc([N+](=O)[O-])cc1N(CC(=O)Nc1nnc(-c2ccc(Cl)cc2)s1)S(C)(=O)=O. The second kappa shape index (κ2) is 9.46. The van der Waals surface area contributed by atoms with Crippen molar-refractivity contribution in [3.05, 3.63) is 57.6 Å². The number of hydrogen-bond acceptors (Lipinski definition) is 9. The summed E-state index contributed by atoms with van der Waals surface area (Å²) in [6.07, 6.45) is 0.877. The predicted octanol–water partition coefficient (Wildman–Crippen LogP) is 3.18. The largest absolute Gasteiger partial charge is 0.495 e. The van der Waals surface area contributed by atoms with Crippen LogP contribution in [0, 0.1) is 10.1 Å². The molecule has 0 atom stereocenters. The van der Waals surface area contributed by atoms with Crippen molar-refractivity contribution in [2.45, 2.75) is 0 Å². The van der Waals surface area contributed by atoms with E-state index in [0.29, 0.717) is 10.0 Å². The first-order valence-electron chi connectivity index (χ1n) is 8.78. The van der Waals surface area contributed by atoms with Gasteiger partial charge in [-0.15, -0.1) is 10.2 Å². The Morgan fingerprint density at radius 3 is 2.53 bits per heavy atom. The number of benzene rings is 2. The summed E-state index contributed by atoms with van der Waals surface area (Å²) >= 11 is 6.95. The third-order valence-corrected chi connectivity index (χ3v) is 6.36. The number of anilines is 2. The summed E-state index contributed by atoms with van der Waals surface area (Å²) in [4.78, 5) is 23.0. The molecule has 1 aromatic heterocycles. The van der Waals surface area contributed by atoms with Crippen molar-refractivity contribution >= 4 is 55.4 Å². The van der Waals surface area contributed by atoms with Gasteiger partial charge in [0, 0.05) is 22.7 Å². The minimum absolute atomic E-state index is 0.0507. The fourth-order valence-electron chi connectivity index (χ4n) is 2.64. The highest BCUT2D eigenvalue weighted by atomic mass is 35.5. The van der Waals surface area contributed by atoms with E-state index in [-0.39, 0.29) is 22.3 Å². The third-order valence-electron chi connectivity index (χ3n) is 4.09. The molecular formula is C18H16ClN5O6S2. The Kier molecular flexibility index (Phi) is 6.91. The fourth-order valence-corrected chi connectivity index (χ4v) is 4.38. The number of amides is 1. The van der Waals surface area contributed by atoms with E-state index in [2.05, 4.69) is 15.5 Å². The van der Waals surface area contributed by atoms with Gasteiger partial charge in [-0.2, -0.15) is 0 Å². The van der Waals surface area contributed by atoms with Crippen molar-refractivity contribution < 1.29 is 22.9 Å². The van der Waals surface area contributed by atoms with Crippen LogP contribution < -0.4 is 14.4 Å². The van der Waals surface area contributed by atoms with Gasteiger partial charge >= 0.3 is 0 Å². The summed E-state index contributed by atoms with van der Waals surface area (Å²) in [5, 5.41) is 22.7. The number of nitro groups is 1. The van der Waals surface area contributed by atoms with Crippen molar-refractivity contribution in [2.75, 3.05) is 29.5 Å². The number of carbonyl (C=O) groups excluding carboxylic acids is 1. The molecule has 11 nitrogen and oxygen atoms in total. The molecule has 0 radical (unpaired) electrons. The van der Waals surface area contributed by atoms with Gasteiger partial charge < -0.3 is 4.74 Å². The van der Waals surface area contributed by atoms with E-state index < -0.39 is 27.4 Å². The number of nitrogens with one attached hydrogen (secondary N) is 1. The first-order chi connectivity index (χ1) is 15.1. The zero-order chi connectivity index (χ0) is 23.5. The van der Waals surface area contributed by atoms with E-state index in [1.165, 1.54) is 19.2 Å². The summed E-state index contributed by atoms with van der Waals surface area (Å²) < 4.78 is 30.6. The topological polar surface area (TPSA) is 145 Å². The van der Waals surface area contributed by atoms with Crippen LogP contribution in [0.15, 0.2) is 42.5 Å². The zero-order valence-corrected chi connectivity index (χ0v) is 19.1. The lowest BCUT2D eigenvalue weighted by atomic mass is 10.2. The van der Waals surface area contributed by atoms with Crippen LogP contribution in [-0.2, 0) is 14.8 Å². The van der Waals surface area contributed by atoms with Gasteiger partial charge in [-0.05, 0) is 18.2 Å². The van der Waals surface area contributed by atoms with Crippen molar-refractivity contribution in [3.63, 3.8) is 0 Å². The van der Waals surface area contributed by atoms with E-state index in [9.17, 15) is 23.3 Å². The Morgan fingerprint density at radius 2 is 1.94 bits per heavy atom. The number of sulfonamides is 1. The summed E-state index contributed by atoms with van der Waals surface area (Å²) in [6.45, 7) is -0.660. The van der Waals surface area contributed by atoms with E-state index in [1.54, 1.807) is 24.3 Å². The number of halogens is 1. The van der Waals surface area contributed by atoms with Gasteiger partial charge in [0.25, 0.3) is 5.69 Å². The van der Waals surface area contributed by atoms with Crippen LogP contribution in [0.5, 0.6) is 5.75 Å². The lowest BCUT2D eigenvalue weighted by Crippen LogP contribution is -2.37. The molecule has 2 aromatic carbocycles. The minimum Gasteiger partial charge on any atom is -0.495 e. The molecule has 3 aromatic rings. The van der Waals surface area contributed by atoms with Gasteiger partial charge in [-0.25, -0.2) is 8.42 Å². The van der Waals surface area contributed by atoms with Gasteiger partial charge in [0.1, 0.15) is 23.0 Å². The molecule has 14 heteroatoms. The molecule has 0 saturated carbocycles. The predicted molar refractivity (Wildman–Crippen MR) is 121 cm³/mol. The quantitative estimate of drug-likeness (QED) is 0.369. The molecule has 0 saturated heterocycles. The van der Waals surface area contributed by atoms with Crippen LogP contribution in [0.25, 0.3) is 10.6 Å². The van der Waals surface area contributed by atoms with Gasteiger partial charge in [0.15, 0.2) is 0 Å². The Hall–Kier alpha value is -3.29. The van der Waals surface area contributed by atoms with E-state index >= 15 is 0 Å². The highest BCUT2D eigenvalue weighted by Gasteiger charge is 2.26. The Labute approximate surface area is 191 Å². The first-order valence-corrected chi connectivity index (χ1v) is 11.8. The van der Waals surface area contributed by atoms with Gasteiger partial charge in [-0.3, -0.25) is 24.5 Å². The van der Waals surface area contributed by atoms with Gasteiger partial charge in [0.2, 0.25) is 21.1 Å². The summed E-state index contributed by atoms with van der Waals surface area (Å²) in [5.74, 6) is -0.669. The van der Waals surface area contributed by atoms with Crippen LogP contribution in [0.4, 0.5) is 16.5 Å². The Morgan fingerprint density at radius 1 is 1.25 bits per heavy atom. The second-order valence-electron chi connectivity index (χ2n) is 6.35. The zero-order valence-electron chi connectivity index (χ0n) is 16.7. The molecule has 1 amide bonds. The van der Waals surface area contributed by atoms with E-state index in [1.807, 2.05) is 0 Å². The molecule has 0 bridgehead atoms. The number of aromatic nitrogens is 2. The number of nitrogens with zero attached hydrogens (tertiary/aromatic N) is 4. The molecule has 168 valence electrons. The fraction of sp³-hybridized carbons (Fsp3) is 0.167. The molecule has 0 fully saturated rings. The maximum absolute atomic E-state index is 12.6. The van der Waals surface area contributed by atoms with Crippen molar-refractivity contribution in [2.24, 2.45) is 0 Å². The van der Waals surface area contributed by atoms with E-state index in [4.69, 9.17) is 16.3 Å². The molecule has 0 spiro atoms. The van der Waals surface area contributed by atoms with Gasteiger partial charge in [0.05, 0.1) is 18.3 Å². The number of ether oxygens (including phenoxy) is 1. The Balaban J connectivity index is 1.83. The second-order valence-corrected chi connectivity index (χ2v) is 9.67. The molecule has 32 heavy (non-hydrogen) atoms. The standard InChI is InChI=1S/C18H16ClN5O6S2/c1-30-15-8-7-13(24(26)27)9-14(15)23(32(2,28)29)10-16(25)20-18-22-21-17(31-18)11-3-5-12(19)6-4-11/h3-9H,10H2,1-2H3,(H,20,22,25). The molecular weight excluding hydrogens is 482 g/mol. The maximum Gasteiger partial charge on any atom is 0.271 e. The van der Waals surface area contributed by atoms with Crippen LogP contribution in [0.2, 0.25) is 5.02 Å². The highest BCUT2D eigenvalue weighted by Crippen LogP contribution is 2.34. The summed E-state index contributed by atoms with van der Waals surface area (Å²) in [7, 11) is -2.71. The Bertz CT molecular complexity index is 1260. The summed E-state index contributed by atoms with van der Waals surface area (Å²) in [5.41, 5.74) is 0.247. The van der Waals surface area contributed by atoms with E-state index in [0.717, 1.165) is 33.5 Å². The number of rotatable bonds is 8. The monoisotopic (exact) mass is 497 g/mol. The van der Waals surface area contributed by atoms with Crippen LogP contribution in [0.3, 0.4) is 0 Å². The molecule has 0 aliphatic rings. The average Bonchev–Trinajstić information content (AvgIpc) is 3.19. The molecule has 1 heterocycles. The molecule has 0 aliphatic carbocycles. The molecule has 3 rings (SSSR count). The summed E-state index contributed by atoms with van der Waals surface area (Å²) in [6, 6.07) is 10.3. The van der Waals surface area contributed by atoms with Crippen LogP contribution >= 0.6 is 22.9 Å². The smallest absolute Gasteiger partial charge is 0.271 e. The first kappa shape index (κ1) is 23.4. The average molecular weight is 498 g/mol. The molecule has 0 unspecified atom stereocenters.